The summed E-state index contributed by atoms with van der Waals surface area (Å²) >= 11 is 0. The van der Waals surface area contributed by atoms with Gasteiger partial charge in [-0.3, -0.25) is 0 Å². The highest BCUT2D eigenvalue weighted by molar-refractivity contribution is 5.86. The molecule has 0 bridgehead atoms. The van der Waals surface area contributed by atoms with Crippen molar-refractivity contribution in [3.63, 3.8) is 0 Å². The maximum atomic E-state index is 5.44. The number of nitrogens with one attached hydrogen (secondary N) is 1. The summed E-state index contributed by atoms with van der Waals surface area (Å²) < 4.78 is 5.44. The molecule has 0 saturated heterocycles. The van der Waals surface area contributed by atoms with Gasteiger partial charge in [0.1, 0.15) is 5.58 Å². The van der Waals surface area contributed by atoms with Crippen LogP contribution >= 0.6 is 0 Å². The first kappa shape index (κ1) is 9.99. The Morgan fingerprint density at radius 3 is 3.07 bits per heavy atom. The lowest BCUT2D eigenvalue weighted by Gasteiger charge is -1.91. The number of hydrogen-bond donors (Lipinski definition) is 1. The van der Waals surface area contributed by atoms with E-state index in [2.05, 4.69) is 23.5 Å². The first-order valence-electron chi connectivity index (χ1n) is 5.19. The number of rotatable bonds is 4. The van der Waals surface area contributed by atoms with Crippen molar-refractivity contribution >= 4 is 17.0 Å². The maximum Gasteiger partial charge on any atom is 0.134 e. The molecule has 0 radical (unpaired) electrons. The smallest absolute Gasteiger partial charge is 0.134 e. The fourth-order valence-corrected chi connectivity index (χ4v) is 1.57. The van der Waals surface area contributed by atoms with E-state index in [4.69, 9.17) is 4.42 Å². The van der Waals surface area contributed by atoms with Gasteiger partial charge < -0.3 is 9.73 Å². The molecule has 78 valence electrons. The molecule has 0 unspecified atom stereocenters. The van der Waals surface area contributed by atoms with E-state index in [9.17, 15) is 0 Å². The molecule has 15 heavy (non-hydrogen) atoms. The molecule has 2 nitrogen and oxygen atoms in total. The Balaban J connectivity index is 2.17. The summed E-state index contributed by atoms with van der Waals surface area (Å²) in [5.41, 5.74) is 2.10. The van der Waals surface area contributed by atoms with Crippen LogP contribution in [-0.4, -0.2) is 13.6 Å². The minimum absolute atomic E-state index is 0.950. The summed E-state index contributed by atoms with van der Waals surface area (Å²) in [6.07, 6.45) is 7.12. The number of benzene rings is 1. The molecular formula is C13H15NO. The van der Waals surface area contributed by atoms with E-state index < -0.39 is 0 Å². The Morgan fingerprint density at radius 2 is 2.20 bits per heavy atom. The molecule has 2 aromatic rings. The molecular weight excluding hydrogens is 186 g/mol. The Hall–Kier alpha value is -1.54. The third-order valence-corrected chi connectivity index (χ3v) is 2.37. The Bertz CT molecular complexity index is 456. The van der Waals surface area contributed by atoms with Gasteiger partial charge in [-0.15, -0.1) is 0 Å². The fraction of sp³-hybridized carbons (Fsp3) is 0.231. The van der Waals surface area contributed by atoms with Gasteiger partial charge in [-0.25, -0.2) is 0 Å². The summed E-state index contributed by atoms with van der Waals surface area (Å²) in [5, 5.41) is 4.29. The van der Waals surface area contributed by atoms with Crippen LogP contribution in [0.3, 0.4) is 0 Å². The Kier molecular flexibility index (Phi) is 3.20. The first-order chi connectivity index (χ1) is 7.42. The predicted molar refractivity (Wildman–Crippen MR) is 63.8 cm³/mol. The molecule has 1 N–H and O–H groups in total. The van der Waals surface area contributed by atoms with E-state index in [1.165, 1.54) is 5.39 Å². The molecule has 0 aliphatic rings. The van der Waals surface area contributed by atoms with Crippen LogP contribution in [0, 0.1) is 0 Å². The average molecular weight is 201 g/mol. The van der Waals surface area contributed by atoms with Crippen LogP contribution in [0.15, 0.2) is 41.0 Å². The zero-order valence-corrected chi connectivity index (χ0v) is 8.86. The summed E-state index contributed by atoms with van der Waals surface area (Å²) in [6, 6.07) is 8.08. The van der Waals surface area contributed by atoms with E-state index in [-0.39, 0.29) is 0 Å². The second kappa shape index (κ2) is 4.80. The standard InChI is InChI=1S/C13H15NO/c1-14-9-5-4-6-11-10-15-13-8-3-2-7-12(11)13/h2-4,6-8,10,14H,5,9H2,1H3. The zero-order chi connectivity index (χ0) is 10.5. The van der Waals surface area contributed by atoms with Crippen molar-refractivity contribution in [1.29, 1.82) is 0 Å². The topological polar surface area (TPSA) is 25.2 Å². The summed E-state index contributed by atoms with van der Waals surface area (Å²) in [5.74, 6) is 0. The lowest BCUT2D eigenvalue weighted by molar-refractivity contribution is 0.615. The highest BCUT2D eigenvalue weighted by Gasteiger charge is 2.00. The normalized spacial score (nSPS) is 11.5. The monoisotopic (exact) mass is 201 g/mol. The van der Waals surface area contributed by atoms with Crippen LogP contribution in [0.1, 0.15) is 12.0 Å². The summed E-state index contributed by atoms with van der Waals surface area (Å²) in [6.45, 7) is 1.01. The van der Waals surface area contributed by atoms with Crippen molar-refractivity contribution < 1.29 is 4.42 Å². The van der Waals surface area contributed by atoms with Crippen molar-refractivity contribution in [2.75, 3.05) is 13.6 Å². The number of hydrogen-bond acceptors (Lipinski definition) is 2. The Morgan fingerprint density at radius 1 is 1.33 bits per heavy atom. The second-order valence-corrected chi connectivity index (χ2v) is 3.48. The van der Waals surface area contributed by atoms with Crippen LogP contribution in [0.5, 0.6) is 0 Å². The number of fused-ring (bicyclic) bond motifs is 1. The van der Waals surface area contributed by atoms with Gasteiger partial charge in [-0.05, 0) is 26.1 Å². The summed E-state index contributed by atoms with van der Waals surface area (Å²) in [7, 11) is 1.96. The largest absolute Gasteiger partial charge is 0.464 e. The van der Waals surface area contributed by atoms with Crippen LogP contribution in [-0.2, 0) is 0 Å². The van der Waals surface area contributed by atoms with Crippen LogP contribution in [0.25, 0.3) is 17.0 Å². The van der Waals surface area contributed by atoms with Gasteiger partial charge >= 0.3 is 0 Å². The highest BCUT2D eigenvalue weighted by Crippen LogP contribution is 2.21. The lowest BCUT2D eigenvalue weighted by atomic mass is 10.1. The summed E-state index contributed by atoms with van der Waals surface area (Å²) in [4.78, 5) is 0. The van der Waals surface area contributed by atoms with E-state index in [0.717, 1.165) is 24.1 Å². The zero-order valence-electron chi connectivity index (χ0n) is 8.86. The average Bonchev–Trinajstić information content (AvgIpc) is 2.68. The predicted octanol–water partition coefficient (Wildman–Crippen LogP) is 3.06. The molecule has 2 rings (SSSR count). The Labute approximate surface area is 89.6 Å². The first-order valence-corrected chi connectivity index (χ1v) is 5.19. The van der Waals surface area contributed by atoms with Crippen LogP contribution in [0.4, 0.5) is 0 Å². The molecule has 0 saturated carbocycles. The van der Waals surface area contributed by atoms with E-state index >= 15 is 0 Å². The minimum atomic E-state index is 0.950. The molecule has 0 amide bonds. The van der Waals surface area contributed by atoms with Crippen molar-refractivity contribution in [3.05, 3.63) is 42.2 Å². The minimum Gasteiger partial charge on any atom is -0.464 e. The van der Waals surface area contributed by atoms with E-state index in [1.807, 2.05) is 25.2 Å². The molecule has 1 aromatic carbocycles. The molecule has 0 fully saturated rings. The van der Waals surface area contributed by atoms with Gasteiger partial charge in [-0.1, -0.05) is 30.4 Å². The van der Waals surface area contributed by atoms with Gasteiger partial charge in [0.2, 0.25) is 0 Å². The molecule has 2 heteroatoms. The second-order valence-electron chi connectivity index (χ2n) is 3.48. The van der Waals surface area contributed by atoms with Crippen molar-refractivity contribution in [3.8, 4) is 0 Å². The third kappa shape index (κ3) is 2.28. The maximum absolute atomic E-state index is 5.44. The van der Waals surface area contributed by atoms with E-state index in [0.29, 0.717) is 0 Å². The fourth-order valence-electron chi connectivity index (χ4n) is 1.57. The number of para-hydroxylation sites is 1. The quantitative estimate of drug-likeness (QED) is 0.769. The molecule has 0 atom stereocenters. The highest BCUT2D eigenvalue weighted by atomic mass is 16.3. The molecule has 0 aliphatic heterocycles. The van der Waals surface area contributed by atoms with Gasteiger partial charge in [0, 0.05) is 10.9 Å². The van der Waals surface area contributed by atoms with Gasteiger partial charge in [0.25, 0.3) is 0 Å². The number of furan rings is 1. The molecule has 1 heterocycles. The molecule has 0 spiro atoms. The van der Waals surface area contributed by atoms with E-state index in [1.54, 1.807) is 6.26 Å². The van der Waals surface area contributed by atoms with Crippen LogP contribution in [0.2, 0.25) is 0 Å². The van der Waals surface area contributed by atoms with Gasteiger partial charge in [-0.2, -0.15) is 0 Å². The molecule has 1 aromatic heterocycles. The van der Waals surface area contributed by atoms with Crippen molar-refractivity contribution in [2.24, 2.45) is 0 Å². The van der Waals surface area contributed by atoms with Crippen molar-refractivity contribution in [2.45, 2.75) is 6.42 Å². The lowest BCUT2D eigenvalue weighted by Crippen LogP contribution is -2.05. The van der Waals surface area contributed by atoms with Gasteiger partial charge in [0.15, 0.2) is 0 Å². The van der Waals surface area contributed by atoms with Gasteiger partial charge in [0.05, 0.1) is 6.26 Å². The molecule has 0 aliphatic carbocycles. The SMILES string of the molecule is CNCCC=Cc1coc2ccccc12. The van der Waals surface area contributed by atoms with Crippen LogP contribution < -0.4 is 5.32 Å². The van der Waals surface area contributed by atoms with Crippen molar-refractivity contribution in [1.82, 2.24) is 5.32 Å². The third-order valence-electron chi connectivity index (χ3n) is 2.37.